The van der Waals surface area contributed by atoms with Crippen molar-refractivity contribution in [3.8, 4) is 5.75 Å². The third-order valence-electron chi connectivity index (χ3n) is 3.09. The minimum absolute atomic E-state index is 0.0160. The first-order valence-corrected chi connectivity index (χ1v) is 6.88. The summed E-state index contributed by atoms with van der Waals surface area (Å²) in [6.45, 7) is 10.5. The molecule has 0 saturated heterocycles. The highest BCUT2D eigenvalue weighted by molar-refractivity contribution is 5.31. The van der Waals surface area contributed by atoms with Crippen LogP contribution in [-0.2, 0) is 6.42 Å². The number of nitrogens with one attached hydrogen (secondary N) is 1. The summed E-state index contributed by atoms with van der Waals surface area (Å²) < 4.78 is 19.1. The largest absolute Gasteiger partial charge is 0.494 e. The van der Waals surface area contributed by atoms with Gasteiger partial charge in [0.2, 0.25) is 0 Å². The summed E-state index contributed by atoms with van der Waals surface area (Å²) in [5, 5.41) is 3.44. The summed E-state index contributed by atoms with van der Waals surface area (Å²) in [6, 6.07) is 5.33. The molecule has 1 rings (SSSR count). The molecule has 0 saturated carbocycles. The van der Waals surface area contributed by atoms with Gasteiger partial charge in [-0.3, -0.25) is 0 Å². The zero-order chi connectivity index (χ0) is 14.5. The average Bonchev–Trinajstić information content (AvgIpc) is 2.31. The standard InChI is InChI=1S/C16H26FNO/c1-12(2)10-18-11-16(3,4)9-13-7-6-8-14(19-5)15(13)17/h6-8,12,18H,9-11H2,1-5H3. The topological polar surface area (TPSA) is 21.3 Å². The Hall–Kier alpha value is -1.09. The van der Waals surface area contributed by atoms with Gasteiger partial charge in [0.25, 0.3) is 0 Å². The SMILES string of the molecule is COc1cccc(CC(C)(C)CNCC(C)C)c1F. The molecule has 0 spiro atoms. The van der Waals surface area contributed by atoms with Crippen molar-refractivity contribution in [1.82, 2.24) is 5.32 Å². The number of ether oxygens (including phenoxy) is 1. The Bertz CT molecular complexity index is 402. The van der Waals surface area contributed by atoms with Gasteiger partial charge in [0.05, 0.1) is 7.11 Å². The van der Waals surface area contributed by atoms with Crippen molar-refractivity contribution >= 4 is 0 Å². The Morgan fingerprint density at radius 3 is 2.58 bits per heavy atom. The highest BCUT2D eigenvalue weighted by Gasteiger charge is 2.21. The number of hydrogen-bond acceptors (Lipinski definition) is 2. The molecule has 0 aliphatic heterocycles. The Morgan fingerprint density at radius 2 is 2.00 bits per heavy atom. The number of benzene rings is 1. The minimum atomic E-state index is -0.234. The predicted molar refractivity (Wildman–Crippen MR) is 78.1 cm³/mol. The smallest absolute Gasteiger partial charge is 0.168 e. The molecular weight excluding hydrogens is 241 g/mol. The quantitative estimate of drug-likeness (QED) is 0.814. The third-order valence-corrected chi connectivity index (χ3v) is 3.09. The van der Waals surface area contributed by atoms with Crippen molar-refractivity contribution in [3.05, 3.63) is 29.6 Å². The molecule has 0 aromatic heterocycles. The van der Waals surface area contributed by atoms with Gasteiger partial charge in [-0.05, 0) is 35.9 Å². The van der Waals surface area contributed by atoms with Gasteiger partial charge in [-0.2, -0.15) is 0 Å². The number of methoxy groups -OCH3 is 1. The first-order valence-electron chi connectivity index (χ1n) is 6.88. The van der Waals surface area contributed by atoms with E-state index in [0.29, 0.717) is 18.1 Å². The van der Waals surface area contributed by atoms with E-state index in [2.05, 4.69) is 33.0 Å². The van der Waals surface area contributed by atoms with Gasteiger partial charge in [-0.25, -0.2) is 4.39 Å². The monoisotopic (exact) mass is 267 g/mol. The molecule has 0 radical (unpaired) electrons. The van der Waals surface area contributed by atoms with Crippen LogP contribution in [0, 0.1) is 17.2 Å². The summed E-state index contributed by atoms with van der Waals surface area (Å²) in [5.41, 5.74) is 0.734. The molecule has 0 aliphatic carbocycles. The molecule has 19 heavy (non-hydrogen) atoms. The molecule has 0 aliphatic rings. The first-order chi connectivity index (χ1) is 8.85. The van der Waals surface area contributed by atoms with Crippen LogP contribution in [0.15, 0.2) is 18.2 Å². The highest BCUT2D eigenvalue weighted by atomic mass is 19.1. The predicted octanol–water partition coefficient (Wildman–Crippen LogP) is 3.65. The molecule has 108 valence electrons. The lowest BCUT2D eigenvalue weighted by molar-refractivity contribution is 0.322. The summed E-state index contributed by atoms with van der Waals surface area (Å²) in [7, 11) is 1.50. The van der Waals surface area contributed by atoms with Crippen molar-refractivity contribution in [2.45, 2.75) is 34.1 Å². The number of halogens is 1. The summed E-state index contributed by atoms with van der Waals surface area (Å²) >= 11 is 0. The second-order valence-electron chi connectivity index (χ2n) is 6.30. The molecule has 2 nitrogen and oxygen atoms in total. The summed E-state index contributed by atoms with van der Waals surface area (Å²) in [4.78, 5) is 0. The van der Waals surface area contributed by atoms with Crippen LogP contribution in [0.1, 0.15) is 33.3 Å². The van der Waals surface area contributed by atoms with Crippen LogP contribution in [0.2, 0.25) is 0 Å². The summed E-state index contributed by atoms with van der Waals surface area (Å²) in [5.74, 6) is 0.717. The van der Waals surface area contributed by atoms with E-state index < -0.39 is 0 Å². The maximum Gasteiger partial charge on any atom is 0.168 e. The van der Waals surface area contributed by atoms with Gasteiger partial charge in [-0.15, -0.1) is 0 Å². The van der Waals surface area contributed by atoms with Gasteiger partial charge in [0.1, 0.15) is 0 Å². The van der Waals surface area contributed by atoms with E-state index >= 15 is 0 Å². The van der Waals surface area contributed by atoms with Crippen LogP contribution in [0.25, 0.3) is 0 Å². The fourth-order valence-corrected chi connectivity index (χ4v) is 2.13. The second-order valence-corrected chi connectivity index (χ2v) is 6.30. The molecule has 0 bridgehead atoms. The number of rotatable bonds is 7. The first kappa shape index (κ1) is 16.0. The Kier molecular flexibility index (Phi) is 5.80. The van der Waals surface area contributed by atoms with Crippen LogP contribution in [0.5, 0.6) is 5.75 Å². The van der Waals surface area contributed by atoms with Crippen LogP contribution in [-0.4, -0.2) is 20.2 Å². The summed E-state index contributed by atoms with van der Waals surface area (Å²) in [6.07, 6.45) is 0.696. The van der Waals surface area contributed by atoms with Crippen LogP contribution in [0.4, 0.5) is 4.39 Å². The zero-order valence-electron chi connectivity index (χ0n) is 12.7. The lowest BCUT2D eigenvalue weighted by Gasteiger charge is -2.26. The molecule has 3 heteroatoms. The Balaban J connectivity index is 2.67. The second kappa shape index (κ2) is 6.90. The molecule has 1 N–H and O–H groups in total. The molecule has 0 amide bonds. The van der Waals surface area contributed by atoms with Crippen molar-refractivity contribution < 1.29 is 9.13 Å². The minimum Gasteiger partial charge on any atom is -0.494 e. The lowest BCUT2D eigenvalue weighted by Crippen LogP contribution is -2.33. The normalized spacial score (nSPS) is 11.9. The molecule has 1 aromatic rings. The van der Waals surface area contributed by atoms with Crippen LogP contribution >= 0.6 is 0 Å². The van der Waals surface area contributed by atoms with Crippen molar-refractivity contribution in [1.29, 1.82) is 0 Å². The average molecular weight is 267 g/mol. The molecule has 1 aromatic carbocycles. The Morgan fingerprint density at radius 1 is 1.32 bits per heavy atom. The molecule has 0 fully saturated rings. The van der Waals surface area contributed by atoms with Crippen molar-refractivity contribution in [2.24, 2.45) is 11.3 Å². The number of hydrogen-bond donors (Lipinski definition) is 1. The molecule has 0 unspecified atom stereocenters. The van der Waals surface area contributed by atoms with E-state index in [0.717, 1.165) is 18.7 Å². The fourth-order valence-electron chi connectivity index (χ4n) is 2.13. The van der Waals surface area contributed by atoms with E-state index in [1.165, 1.54) is 7.11 Å². The lowest BCUT2D eigenvalue weighted by atomic mass is 9.85. The molecule has 0 heterocycles. The van der Waals surface area contributed by atoms with Gasteiger partial charge in [-0.1, -0.05) is 39.8 Å². The molecule has 0 atom stereocenters. The highest BCUT2D eigenvalue weighted by Crippen LogP contribution is 2.27. The van der Waals surface area contributed by atoms with E-state index in [-0.39, 0.29) is 11.2 Å². The maximum atomic E-state index is 14.1. The van der Waals surface area contributed by atoms with Gasteiger partial charge >= 0.3 is 0 Å². The van der Waals surface area contributed by atoms with Gasteiger partial charge in [0, 0.05) is 6.54 Å². The van der Waals surface area contributed by atoms with E-state index in [4.69, 9.17) is 4.74 Å². The van der Waals surface area contributed by atoms with E-state index in [9.17, 15) is 4.39 Å². The Labute approximate surface area is 116 Å². The van der Waals surface area contributed by atoms with Crippen molar-refractivity contribution in [2.75, 3.05) is 20.2 Å². The maximum absolute atomic E-state index is 14.1. The third kappa shape index (κ3) is 5.19. The van der Waals surface area contributed by atoms with Gasteiger partial charge < -0.3 is 10.1 Å². The van der Waals surface area contributed by atoms with Gasteiger partial charge in [0.15, 0.2) is 11.6 Å². The van der Waals surface area contributed by atoms with E-state index in [1.54, 1.807) is 6.07 Å². The van der Waals surface area contributed by atoms with Crippen LogP contribution < -0.4 is 10.1 Å². The molecular formula is C16H26FNO. The van der Waals surface area contributed by atoms with Crippen molar-refractivity contribution in [3.63, 3.8) is 0 Å². The zero-order valence-corrected chi connectivity index (χ0v) is 12.7. The van der Waals surface area contributed by atoms with Crippen LogP contribution in [0.3, 0.4) is 0 Å². The fraction of sp³-hybridized carbons (Fsp3) is 0.625. The van der Waals surface area contributed by atoms with E-state index in [1.807, 2.05) is 12.1 Å².